The SMILES string of the molecule is CN1N=C2CC=C(I3C[I-]3)C=C21. The van der Waals surface area contributed by atoms with E-state index < -0.39 is 15.8 Å². The fourth-order valence-electron chi connectivity index (χ4n) is 1.41. The molecule has 0 saturated carbocycles. The quantitative estimate of drug-likeness (QED) is 0.414. The number of nitrogens with zero attached hydrogens (tertiary/aromatic N) is 2. The van der Waals surface area contributed by atoms with Crippen LogP contribution in [0.15, 0.2) is 26.5 Å². The molecule has 0 atom stereocenters. The number of halogens is 2. The van der Waals surface area contributed by atoms with E-state index in [0.29, 0.717) is 17.2 Å². The van der Waals surface area contributed by atoms with E-state index in [4.69, 9.17) is 0 Å². The van der Waals surface area contributed by atoms with Gasteiger partial charge in [-0.05, 0) is 0 Å². The summed E-state index contributed by atoms with van der Waals surface area (Å²) in [5.74, 6) is 0. The summed E-state index contributed by atoms with van der Waals surface area (Å²) in [6, 6.07) is 0. The monoisotopic (exact) mass is 387 g/mol. The molecule has 0 amide bonds. The van der Waals surface area contributed by atoms with Crippen LogP contribution in [0.2, 0.25) is 0 Å². The van der Waals surface area contributed by atoms with Gasteiger partial charge in [0.25, 0.3) is 0 Å². The second-order valence-corrected chi connectivity index (χ2v) is 21.4. The normalized spacial score (nSPS) is 28.9. The zero-order chi connectivity index (χ0) is 8.13. The molecule has 2 heterocycles. The fourth-order valence-corrected chi connectivity index (χ4v) is 15.5. The number of fused-ring (bicyclic) bond motifs is 1. The second-order valence-electron chi connectivity index (χ2n) is 2.90. The molecule has 1 aliphatic carbocycles. The van der Waals surface area contributed by atoms with Crippen LogP contribution in [0.4, 0.5) is 0 Å². The Labute approximate surface area is 85.5 Å². The van der Waals surface area contributed by atoms with E-state index in [-0.39, 0.29) is 0 Å². The molecule has 4 heteroatoms. The predicted molar refractivity (Wildman–Crippen MR) is 54.9 cm³/mol. The Morgan fingerprint density at radius 2 is 2.50 bits per heavy atom. The van der Waals surface area contributed by atoms with Gasteiger partial charge in [-0.3, -0.25) is 0 Å². The van der Waals surface area contributed by atoms with Gasteiger partial charge in [0, 0.05) is 0 Å². The van der Waals surface area contributed by atoms with Gasteiger partial charge in [-0.15, -0.1) is 0 Å². The molecule has 66 valence electrons. The minimum atomic E-state index is -0.407. The summed E-state index contributed by atoms with van der Waals surface area (Å²) in [6.07, 6.45) is 5.96. The first kappa shape index (κ1) is 7.78. The Balaban J connectivity index is 1.92. The van der Waals surface area contributed by atoms with Crippen molar-refractivity contribution in [1.82, 2.24) is 5.01 Å². The van der Waals surface area contributed by atoms with E-state index in [9.17, 15) is 0 Å². The number of hydrogen-bond donors (Lipinski definition) is 0. The molecular weight excluding hydrogens is 378 g/mol. The molecule has 0 radical (unpaired) electrons. The third-order valence-electron chi connectivity index (χ3n) is 2.12. The van der Waals surface area contributed by atoms with Crippen LogP contribution in [-0.2, 0) is 0 Å². The van der Waals surface area contributed by atoms with Gasteiger partial charge < -0.3 is 0 Å². The van der Waals surface area contributed by atoms with Gasteiger partial charge >= 0.3 is 86.2 Å². The summed E-state index contributed by atoms with van der Waals surface area (Å²) < 4.78 is 3.42. The van der Waals surface area contributed by atoms with Crippen LogP contribution in [0, 0.1) is 0 Å². The van der Waals surface area contributed by atoms with Crippen molar-refractivity contribution < 1.29 is 17.2 Å². The van der Waals surface area contributed by atoms with Crippen LogP contribution < -0.4 is 17.2 Å². The molecule has 12 heavy (non-hydrogen) atoms. The summed E-state index contributed by atoms with van der Waals surface area (Å²) in [7, 11) is 2.05. The van der Waals surface area contributed by atoms with Crippen LogP contribution in [0.1, 0.15) is 6.42 Å². The maximum atomic E-state index is 4.32. The van der Waals surface area contributed by atoms with Crippen LogP contribution in [-0.4, -0.2) is 20.2 Å². The zero-order valence-corrected chi connectivity index (χ0v) is 11.0. The first-order chi connectivity index (χ1) is 5.84. The van der Waals surface area contributed by atoms with Crippen LogP contribution in [0.5, 0.6) is 0 Å². The Bertz CT molecular complexity index is 326. The molecule has 0 bridgehead atoms. The standard InChI is InChI=1S/C8H9I2N2/c1-12-8-4-6(10-5-9-10)2-3-7(8)11-12/h2,4H,3,5H2,1H3/q-1. The molecule has 1 saturated heterocycles. The van der Waals surface area contributed by atoms with E-state index in [1.165, 1.54) is 11.4 Å². The topological polar surface area (TPSA) is 15.6 Å². The van der Waals surface area contributed by atoms with Crippen molar-refractivity contribution in [3.05, 3.63) is 21.4 Å². The van der Waals surface area contributed by atoms with Gasteiger partial charge in [-0.2, -0.15) is 0 Å². The number of rotatable bonds is 1. The summed E-state index contributed by atoms with van der Waals surface area (Å²) >= 11 is 0.303. The molecule has 0 aromatic heterocycles. The Kier molecular flexibility index (Phi) is 1.75. The fraction of sp³-hybridized carbons (Fsp3) is 0.375. The summed E-state index contributed by atoms with van der Waals surface area (Å²) in [6.45, 7) is 0. The third-order valence-corrected chi connectivity index (χ3v) is 16.3. The zero-order valence-electron chi connectivity index (χ0n) is 6.72. The molecule has 0 unspecified atom stereocenters. The Morgan fingerprint density at radius 3 is 3.17 bits per heavy atom. The van der Waals surface area contributed by atoms with Crippen molar-refractivity contribution in [1.29, 1.82) is 0 Å². The van der Waals surface area contributed by atoms with Crippen molar-refractivity contribution in [2.24, 2.45) is 5.10 Å². The second kappa shape index (κ2) is 2.70. The molecule has 3 rings (SSSR count). The average molecular weight is 387 g/mol. The maximum absolute atomic E-state index is 4.32. The van der Waals surface area contributed by atoms with E-state index >= 15 is 0 Å². The van der Waals surface area contributed by atoms with E-state index in [0.717, 1.165) is 6.42 Å². The molecule has 0 aromatic rings. The summed E-state index contributed by atoms with van der Waals surface area (Å²) in [5.41, 5.74) is 2.71. The van der Waals surface area contributed by atoms with Gasteiger partial charge in [0.2, 0.25) is 0 Å². The van der Waals surface area contributed by atoms with Gasteiger partial charge in [-0.25, -0.2) is 0 Å². The third kappa shape index (κ3) is 1.14. The minimum absolute atomic E-state index is 0.407. The summed E-state index contributed by atoms with van der Waals surface area (Å²) in [5, 5.41) is 6.34. The molecule has 2 aliphatic heterocycles. The van der Waals surface area contributed by atoms with Crippen molar-refractivity contribution in [3.63, 3.8) is 0 Å². The Morgan fingerprint density at radius 1 is 1.67 bits per heavy atom. The summed E-state index contributed by atoms with van der Waals surface area (Å²) in [4.78, 5) is 0. The number of alkyl halides is 2. The van der Waals surface area contributed by atoms with Gasteiger partial charge in [0.1, 0.15) is 0 Å². The Hall–Kier alpha value is 0.410. The first-order valence-corrected chi connectivity index (χ1v) is 14.3. The van der Waals surface area contributed by atoms with Crippen molar-refractivity contribution in [3.8, 4) is 0 Å². The van der Waals surface area contributed by atoms with E-state index in [1.807, 2.05) is 12.1 Å². The van der Waals surface area contributed by atoms with Gasteiger partial charge in [-0.1, -0.05) is 0 Å². The molecule has 0 N–H and O–H groups in total. The van der Waals surface area contributed by atoms with Crippen molar-refractivity contribution >= 4 is 21.6 Å². The van der Waals surface area contributed by atoms with E-state index in [1.54, 1.807) is 6.01 Å². The van der Waals surface area contributed by atoms with E-state index in [2.05, 4.69) is 17.3 Å². The molecule has 0 spiro atoms. The van der Waals surface area contributed by atoms with Crippen LogP contribution in [0.25, 0.3) is 0 Å². The molecule has 1 fully saturated rings. The molecule has 0 aromatic carbocycles. The van der Waals surface area contributed by atoms with Crippen molar-refractivity contribution in [2.75, 3.05) is 9.48 Å². The predicted octanol–water partition coefficient (Wildman–Crippen LogP) is -1.06. The number of hydrazone groups is 1. The number of hydrogen-bond acceptors (Lipinski definition) is 2. The molecule has 3 aliphatic rings. The first-order valence-electron chi connectivity index (χ1n) is 3.84. The van der Waals surface area contributed by atoms with Crippen LogP contribution >= 0.6 is 15.8 Å². The van der Waals surface area contributed by atoms with Crippen molar-refractivity contribution in [2.45, 2.75) is 6.42 Å². The van der Waals surface area contributed by atoms with Gasteiger partial charge in [0.15, 0.2) is 0 Å². The molecular formula is C8H9I2N2-. The molecule has 2 nitrogen and oxygen atoms in total. The number of allylic oxidation sites excluding steroid dienone is 4. The van der Waals surface area contributed by atoms with Gasteiger partial charge in [0.05, 0.1) is 0 Å². The van der Waals surface area contributed by atoms with Crippen LogP contribution in [0.3, 0.4) is 0 Å². The average Bonchev–Trinajstić information content (AvgIpc) is 2.86.